The van der Waals surface area contributed by atoms with Crippen molar-refractivity contribution in [2.45, 2.75) is 19.3 Å². The van der Waals surface area contributed by atoms with Crippen LogP contribution in [0.25, 0.3) is 5.57 Å². The maximum absolute atomic E-state index is 13.5. The Hall–Kier alpha value is -1.22. The first-order valence-corrected chi connectivity index (χ1v) is 9.90. The number of carbonyl (C=O) groups is 1. The molecule has 0 aliphatic carbocycles. The molecule has 2 aromatic carbocycles. The van der Waals surface area contributed by atoms with Crippen LogP contribution in [0.3, 0.4) is 0 Å². The number of ether oxygens (including phenoxy) is 2. The number of rotatable bonds is 7. The number of likely N-dealkylation sites (tertiary alicyclic amines) is 1. The average molecular weight is 436 g/mol. The predicted molar refractivity (Wildman–Crippen MR) is 105 cm³/mol. The quantitative estimate of drug-likeness (QED) is 0.556. The zero-order valence-electron chi connectivity index (χ0n) is 17.2. The van der Waals surface area contributed by atoms with Crippen molar-refractivity contribution in [1.29, 1.82) is 0 Å². The number of carbonyl (C=O) groups excluding carboxylic acids is 1. The summed E-state index contributed by atoms with van der Waals surface area (Å²) in [6, 6.07) is 12.0. The Morgan fingerprint density at radius 2 is 1.87 bits per heavy atom. The summed E-state index contributed by atoms with van der Waals surface area (Å²) in [5.41, 5.74) is 3.99. The number of aliphatic carboxylic acids is 1. The van der Waals surface area contributed by atoms with Crippen molar-refractivity contribution in [3.05, 3.63) is 65.0 Å². The molecule has 0 atom stereocenters. The van der Waals surface area contributed by atoms with Gasteiger partial charge in [0.2, 0.25) is 0 Å². The zero-order valence-corrected chi connectivity index (χ0v) is 20.3. The molecule has 0 bridgehead atoms. The number of nitrogens with zero attached hydrogens (tertiary/aromatic N) is 1. The van der Waals surface area contributed by atoms with Gasteiger partial charge in [-0.1, -0.05) is 12.1 Å². The van der Waals surface area contributed by atoms with Gasteiger partial charge >= 0.3 is 51.4 Å². The first kappa shape index (κ1) is 23.4. The molecule has 5 nitrogen and oxygen atoms in total. The molecule has 4 rings (SSSR count). The fourth-order valence-electron chi connectivity index (χ4n) is 3.91. The summed E-state index contributed by atoms with van der Waals surface area (Å²) in [5.74, 6) is -0.120. The van der Waals surface area contributed by atoms with E-state index in [1.54, 1.807) is 18.2 Å². The van der Waals surface area contributed by atoms with Crippen LogP contribution in [-0.2, 0) is 4.79 Å². The van der Waals surface area contributed by atoms with E-state index < -0.39 is 5.97 Å². The minimum absolute atomic E-state index is 0. The first-order chi connectivity index (χ1) is 14.1. The Morgan fingerprint density at radius 1 is 1.13 bits per heavy atom. The summed E-state index contributed by atoms with van der Waals surface area (Å²) in [4.78, 5) is 13.1. The third-order valence-electron chi connectivity index (χ3n) is 5.30. The van der Waals surface area contributed by atoms with Crippen LogP contribution >= 0.6 is 0 Å². The molecule has 30 heavy (non-hydrogen) atoms. The molecule has 1 saturated heterocycles. The summed E-state index contributed by atoms with van der Waals surface area (Å²) >= 11 is 0. The van der Waals surface area contributed by atoms with Gasteiger partial charge < -0.3 is 19.4 Å². The van der Waals surface area contributed by atoms with Gasteiger partial charge in [0.1, 0.15) is 23.9 Å². The SMILES string of the molecule is O=C([O-])CCOc1ccc2c(c1)C(c1ccc(F)cc1)=C(CN1CCCC1)CO2.[K+]. The summed E-state index contributed by atoms with van der Waals surface area (Å²) in [5, 5.41) is 10.6. The van der Waals surface area contributed by atoms with E-state index in [9.17, 15) is 14.3 Å². The second-order valence-corrected chi connectivity index (χ2v) is 7.39. The number of fused-ring (bicyclic) bond motifs is 1. The summed E-state index contributed by atoms with van der Waals surface area (Å²) in [6.07, 6.45) is 2.23. The van der Waals surface area contributed by atoms with Crippen LogP contribution in [0, 0.1) is 5.82 Å². The van der Waals surface area contributed by atoms with Gasteiger partial charge in [0.05, 0.1) is 6.61 Å². The second kappa shape index (κ2) is 10.9. The van der Waals surface area contributed by atoms with Crippen molar-refractivity contribution >= 4 is 11.5 Å². The summed E-state index contributed by atoms with van der Waals surface area (Å²) in [6.45, 7) is 3.47. The molecular formula is C23H23FKNO4. The van der Waals surface area contributed by atoms with Gasteiger partial charge in [-0.3, -0.25) is 4.90 Å². The van der Waals surface area contributed by atoms with Crippen molar-refractivity contribution < 1.29 is 75.1 Å². The molecule has 2 heterocycles. The molecule has 2 aliphatic heterocycles. The van der Waals surface area contributed by atoms with Gasteiger partial charge in [-0.25, -0.2) is 4.39 Å². The minimum atomic E-state index is -1.15. The van der Waals surface area contributed by atoms with E-state index in [2.05, 4.69) is 4.90 Å². The van der Waals surface area contributed by atoms with Gasteiger partial charge in [0.15, 0.2) is 0 Å². The molecule has 152 valence electrons. The number of benzene rings is 2. The first-order valence-electron chi connectivity index (χ1n) is 9.90. The van der Waals surface area contributed by atoms with Gasteiger partial charge in [-0.2, -0.15) is 0 Å². The maximum Gasteiger partial charge on any atom is 1.00 e. The summed E-state index contributed by atoms with van der Waals surface area (Å²) in [7, 11) is 0. The number of carboxylic acid groups (broad SMARTS) is 1. The Morgan fingerprint density at radius 3 is 2.57 bits per heavy atom. The Labute approximate surface area is 218 Å². The van der Waals surface area contributed by atoms with E-state index in [1.165, 1.54) is 25.0 Å². The van der Waals surface area contributed by atoms with Crippen molar-refractivity contribution in [1.82, 2.24) is 4.90 Å². The van der Waals surface area contributed by atoms with Crippen molar-refractivity contribution in [2.24, 2.45) is 0 Å². The Balaban J connectivity index is 0.00000256. The van der Waals surface area contributed by atoms with E-state index in [0.717, 1.165) is 47.7 Å². The Kier molecular flexibility index (Phi) is 8.50. The molecule has 0 aromatic heterocycles. The van der Waals surface area contributed by atoms with E-state index in [0.29, 0.717) is 12.4 Å². The van der Waals surface area contributed by atoms with Crippen LogP contribution in [0.2, 0.25) is 0 Å². The van der Waals surface area contributed by atoms with Crippen molar-refractivity contribution in [3.8, 4) is 11.5 Å². The topological polar surface area (TPSA) is 61.8 Å². The molecule has 0 radical (unpaired) electrons. The monoisotopic (exact) mass is 435 g/mol. The average Bonchev–Trinajstić information content (AvgIpc) is 3.21. The zero-order chi connectivity index (χ0) is 20.2. The molecule has 0 amide bonds. The fourth-order valence-corrected chi connectivity index (χ4v) is 3.91. The number of hydrogen-bond acceptors (Lipinski definition) is 5. The molecule has 1 fully saturated rings. The minimum Gasteiger partial charge on any atom is -0.550 e. The van der Waals surface area contributed by atoms with Crippen molar-refractivity contribution in [2.75, 3.05) is 32.8 Å². The molecule has 0 saturated carbocycles. The summed E-state index contributed by atoms with van der Waals surface area (Å²) < 4.78 is 25.1. The van der Waals surface area contributed by atoms with Crippen LogP contribution in [-0.4, -0.2) is 43.7 Å². The van der Waals surface area contributed by atoms with Crippen molar-refractivity contribution in [3.63, 3.8) is 0 Å². The van der Waals surface area contributed by atoms with E-state index in [1.807, 2.05) is 12.1 Å². The Bertz CT molecular complexity index is 923. The smallest absolute Gasteiger partial charge is 0.550 e. The molecule has 0 unspecified atom stereocenters. The van der Waals surface area contributed by atoms with Gasteiger partial charge in [-0.05, 0) is 73.0 Å². The molecular weight excluding hydrogens is 412 g/mol. The molecule has 2 aromatic rings. The third-order valence-corrected chi connectivity index (χ3v) is 5.30. The third kappa shape index (κ3) is 5.72. The van der Waals surface area contributed by atoms with E-state index >= 15 is 0 Å². The largest absolute Gasteiger partial charge is 1.00 e. The molecule has 0 N–H and O–H groups in total. The normalized spacial score (nSPS) is 15.9. The maximum atomic E-state index is 13.5. The van der Waals surface area contributed by atoms with Gasteiger partial charge in [0.25, 0.3) is 0 Å². The predicted octanol–water partition coefficient (Wildman–Crippen LogP) is -0.361. The van der Waals surface area contributed by atoms with E-state index in [-0.39, 0.29) is 70.2 Å². The molecule has 2 aliphatic rings. The number of hydrogen-bond donors (Lipinski definition) is 0. The number of halogens is 1. The standard InChI is InChI=1S/C23H24FNO4.K/c24-18-5-3-16(4-6-18)23-17(14-25-10-1-2-11-25)15-29-21-8-7-19(13-20(21)23)28-12-9-22(26)27;/h3-8,13H,1-2,9-12,14-15H2,(H,26,27);/q;+1/p-1. The number of carboxylic acids is 1. The van der Waals surface area contributed by atoms with Crippen LogP contribution in [0.5, 0.6) is 11.5 Å². The van der Waals surface area contributed by atoms with Crippen LogP contribution in [0.1, 0.15) is 30.4 Å². The van der Waals surface area contributed by atoms with Gasteiger partial charge in [0, 0.05) is 24.5 Å². The van der Waals surface area contributed by atoms with Crippen LogP contribution in [0.15, 0.2) is 48.0 Å². The van der Waals surface area contributed by atoms with Crippen LogP contribution < -0.4 is 66.0 Å². The fraction of sp³-hybridized carbons (Fsp3) is 0.348. The molecule has 0 spiro atoms. The van der Waals surface area contributed by atoms with Crippen LogP contribution in [0.4, 0.5) is 4.39 Å². The second-order valence-electron chi connectivity index (χ2n) is 7.39. The van der Waals surface area contributed by atoms with Gasteiger partial charge in [-0.15, -0.1) is 0 Å². The molecule has 7 heteroatoms. The van der Waals surface area contributed by atoms with E-state index in [4.69, 9.17) is 9.47 Å².